The van der Waals surface area contributed by atoms with Gasteiger partial charge in [-0.2, -0.15) is 0 Å². The van der Waals surface area contributed by atoms with Gasteiger partial charge in [-0.1, -0.05) is 6.07 Å². The summed E-state index contributed by atoms with van der Waals surface area (Å²) in [6.07, 6.45) is 4.13. The predicted molar refractivity (Wildman–Crippen MR) is 74.7 cm³/mol. The monoisotopic (exact) mass is 279 g/mol. The van der Waals surface area contributed by atoms with Crippen molar-refractivity contribution in [2.45, 2.75) is 31.4 Å². The van der Waals surface area contributed by atoms with Gasteiger partial charge in [-0.3, -0.25) is 4.79 Å². The smallest absolute Gasteiger partial charge is 0.320 e. The van der Waals surface area contributed by atoms with E-state index < -0.39 is 12.0 Å². The molecule has 0 radical (unpaired) electrons. The third kappa shape index (κ3) is 4.18. The van der Waals surface area contributed by atoms with Gasteiger partial charge in [0.1, 0.15) is 12.1 Å². The molecule has 110 valence electrons. The van der Waals surface area contributed by atoms with Crippen molar-refractivity contribution in [1.29, 1.82) is 0 Å². The summed E-state index contributed by atoms with van der Waals surface area (Å²) in [6.45, 7) is 2.08. The fourth-order valence-corrected chi connectivity index (χ4v) is 2.22. The lowest BCUT2D eigenvalue weighted by atomic mass is 10.1. The number of rotatable bonds is 5. The first-order valence-electron chi connectivity index (χ1n) is 6.83. The van der Waals surface area contributed by atoms with E-state index in [-0.39, 0.29) is 12.5 Å². The van der Waals surface area contributed by atoms with E-state index in [0.29, 0.717) is 5.88 Å². The number of carbonyl (C=O) groups is 1. The minimum atomic E-state index is -1.00. The molecule has 1 atom stereocenters. The molecule has 0 bridgehead atoms. The number of piperidine rings is 1. The van der Waals surface area contributed by atoms with Crippen molar-refractivity contribution in [2.24, 2.45) is 5.73 Å². The standard InChI is InChI=1S/C14H21N3O3/c1-17-6-4-11(5-7-17)20-13-3-2-10(9-16-13)8-12(15)14(18)19/h2-3,9,11-12H,4-8,15H2,1H3,(H,18,19)/t12-/m0/s1. The second-order valence-corrected chi connectivity index (χ2v) is 5.27. The van der Waals surface area contributed by atoms with Gasteiger partial charge in [0, 0.05) is 25.4 Å². The van der Waals surface area contributed by atoms with E-state index in [4.69, 9.17) is 15.6 Å². The molecule has 20 heavy (non-hydrogen) atoms. The summed E-state index contributed by atoms with van der Waals surface area (Å²) in [5.74, 6) is -0.413. The third-order valence-corrected chi connectivity index (χ3v) is 3.52. The number of carboxylic acids is 1. The van der Waals surface area contributed by atoms with Crippen LogP contribution >= 0.6 is 0 Å². The van der Waals surface area contributed by atoms with Crippen LogP contribution in [0.25, 0.3) is 0 Å². The third-order valence-electron chi connectivity index (χ3n) is 3.52. The average molecular weight is 279 g/mol. The van der Waals surface area contributed by atoms with Crippen LogP contribution in [0.15, 0.2) is 18.3 Å². The van der Waals surface area contributed by atoms with Crippen molar-refractivity contribution in [2.75, 3.05) is 20.1 Å². The van der Waals surface area contributed by atoms with Crippen molar-refractivity contribution < 1.29 is 14.6 Å². The molecular weight excluding hydrogens is 258 g/mol. The van der Waals surface area contributed by atoms with E-state index in [9.17, 15) is 4.79 Å². The first-order valence-corrected chi connectivity index (χ1v) is 6.83. The molecule has 3 N–H and O–H groups in total. The lowest BCUT2D eigenvalue weighted by Gasteiger charge is -2.28. The number of carboxylic acid groups (broad SMARTS) is 1. The molecule has 1 aliphatic rings. The van der Waals surface area contributed by atoms with Crippen molar-refractivity contribution in [3.05, 3.63) is 23.9 Å². The molecule has 1 aromatic rings. The van der Waals surface area contributed by atoms with Gasteiger partial charge in [-0.15, -0.1) is 0 Å². The number of nitrogens with two attached hydrogens (primary N) is 1. The highest BCUT2D eigenvalue weighted by Gasteiger charge is 2.18. The van der Waals surface area contributed by atoms with Crippen LogP contribution in [-0.2, 0) is 11.2 Å². The van der Waals surface area contributed by atoms with Crippen molar-refractivity contribution in [3.63, 3.8) is 0 Å². The van der Waals surface area contributed by atoms with Gasteiger partial charge >= 0.3 is 5.97 Å². The highest BCUT2D eigenvalue weighted by atomic mass is 16.5. The van der Waals surface area contributed by atoms with Crippen LogP contribution < -0.4 is 10.5 Å². The van der Waals surface area contributed by atoms with Crippen LogP contribution in [0.1, 0.15) is 18.4 Å². The van der Waals surface area contributed by atoms with Crippen molar-refractivity contribution >= 4 is 5.97 Å². The summed E-state index contributed by atoms with van der Waals surface area (Å²) < 4.78 is 5.83. The van der Waals surface area contributed by atoms with Crippen molar-refractivity contribution in [1.82, 2.24) is 9.88 Å². The molecule has 0 amide bonds. The summed E-state index contributed by atoms with van der Waals surface area (Å²) in [5, 5.41) is 8.76. The molecule has 0 aromatic carbocycles. The molecule has 2 heterocycles. The minimum absolute atomic E-state index is 0.214. The molecule has 1 fully saturated rings. The molecule has 1 aliphatic heterocycles. The van der Waals surface area contributed by atoms with E-state index in [1.54, 1.807) is 12.3 Å². The zero-order valence-electron chi connectivity index (χ0n) is 11.7. The van der Waals surface area contributed by atoms with E-state index >= 15 is 0 Å². The number of pyridine rings is 1. The molecule has 1 aromatic heterocycles. The number of ether oxygens (including phenoxy) is 1. The summed E-state index contributed by atoms with van der Waals surface area (Å²) in [4.78, 5) is 17.2. The summed E-state index contributed by atoms with van der Waals surface area (Å²) in [6, 6.07) is 2.71. The Balaban J connectivity index is 1.86. The largest absolute Gasteiger partial charge is 0.480 e. The van der Waals surface area contributed by atoms with Gasteiger partial charge in [0.2, 0.25) is 5.88 Å². The normalized spacial score (nSPS) is 18.7. The lowest BCUT2D eigenvalue weighted by molar-refractivity contribution is -0.138. The average Bonchev–Trinajstić information content (AvgIpc) is 2.43. The second kappa shape index (κ2) is 6.67. The van der Waals surface area contributed by atoms with Gasteiger partial charge in [0.05, 0.1) is 0 Å². The van der Waals surface area contributed by atoms with E-state index in [0.717, 1.165) is 31.5 Å². The van der Waals surface area contributed by atoms with Crippen LogP contribution in [0.5, 0.6) is 5.88 Å². The minimum Gasteiger partial charge on any atom is -0.480 e. The Labute approximate surface area is 118 Å². The quantitative estimate of drug-likeness (QED) is 0.816. The van der Waals surface area contributed by atoms with E-state index in [2.05, 4.69) is 16.9 Å². The van der Waals surface area contributed by atoms with Crippen LogP contribution in [0.4, 0.5) is 0 Å². The number of nitrogens with zero attached hydrogens (tertiary/aromatic N) is 2. The number of likely N-dealkylation sites (tertiary alicyclic amines) is 1. The molecule has 2 rings (SSSR count). The highest BCUT2D eigenvalue weighted by molar-refractivity contribution is 5.73. The van der Waals surface area contributed by atoms with Gasteiger partial charge in [-0.25, -0.2) is 4.98 Å². The fourth-order valence-electron chi connectivity index (χ4n) is 2.22. The molecule has 0 aliphatic carbocycles. The van der Waals surface area contributed by atoms with Gasteiger partial charge in [0.25, 0.3) is 0 Å². The van der Waals surface area contributed by atoms with E-state index in [1.807, 2.05) is 6.07 Å². The Hall–Kier alpha value is -1.66. The summed E-state index contributed by atoms with van der Waals surface area (Å²) >= 11 is 0. The molecule has 6 nitrogen and oxygen atoms in total. The maximum Gasteiger partial charge on any atom is 0.320 e. The van der Waals surface area contributed by atoms with Gasteiger partial charge in [-0.05, 0) is 31.9 Å². The first-order chi connectivity index (χ1) is 9.54. The number of hydrogen-bond acceptors (Lipinski definition) is 5. The van der Waals surface area contributed by atoms with Crippen LogP contribution in [0.2, 0.25) is 0 Å². The molecule has 0 spiro atoms. The number of aliphatic carboxylic acids is 1. The maximum atomic E-state index is 10.7. The zero-order valence-corrected chi connectivity index (χ0v) is 11.7. The van der Waals surface area contributed by atoms with E-state index in [1.165, 1.54) is 0 Å². The second-order valence-electron chi connectivity index (χ2n) is 5.27. The van der Waals surface area contributed by atoms with Gasteiger partial charge < -0.3 is 20.5 Å². The van der Waals surface area contributed by atoms with Crippen molar-refractivity contribution in [3.8, 4) is 5.88 Å². The van der Waals surface area contributed by atoms with Crippen LogP contribution in [0, 0.1) is 0 Å². The molecular formula is C14H21N3O3. The maximum absolute atomic E-state index is 10.7. The number of hydrogen-bond donors (Lipinski definition) is 2. The molecule has 0 saturated carbocycles. The Bertz CT molecular complexity index is 441. The number of aromatic nitrogens is 1. The summed E-state index contributed by atoms with van der Waals surface area (Å²) in [5.41, 5.74) is 6.29. The first kappa shape index (κ1) is 14.7. The Morgan fingerprint density at radius 3 is 2.80 bits per heavy atom. The highest BCUT2D eigenvalue weighted by Crippen LogP contribution is 2.17. The van der Waals surface area contributed by atoms with Crippen LogP contribution in [0.3, 0.4) is 0 Å². The molecule has 0 unspecified atom stereocenters. The molecule has 1 saturated heterocycles. The predicted octanol–water partition coefficient (Wildman–Crippen LogP) is 0.509. The summed E-state index contributed by atoms with van der Waals surface area (Å²) in [7, 11) is 2.11. The lowest BCUT2D eigenvalue weighted by Crippen LogP contribution is -2.35. The topological polar surface area (TPSA) is 88.7 Å². The zero-order chi connectivity index (χ0) is 14.5. The SMILES string of the molecule is CN1CCC(Oc2ccc(C[C@H](N)C(=O)O)cn2)CC1. The van der Waals surface area contributed by atoms with Crippen LogP contribution in [-0.4, -0.2) is 53.2 Å². The van der Waals surface area contributed by atoms with Gasteiger partial charge in [0.15, 0.2) is 0 Å². The Morgan fingerprint density at radius 2 is 2.25 bits per heavy atom. The fraction of sp³-hybridized carbons (Fsp3) is 0.571. The Morgan fingerprint density at radius 1 is 1.55 bits per heavy atom. The Kier molecular flexibility index (Phi) is 4.92. The molecule has 6 heteroatoms.